The van der Waals surface area contributed by atoms with Crippen LogP contribution >= 0.6 is 11.8 Å². The lowest BCUT2D eigenvalue weighted by molar-refractivity contribution is -0.113. The Labute approximate surface area is 131 Å². The van der Waals surface area contributed by atoms with Crippen LogP contribution in [0.3, 0.4) is 0 Å². The number of carbonyl (C=O) groups is 2. The Morgan fingerprint density at radius 3 is 2.32 bits per heavy atom. The van der Waals surface area contributed by atoms with E-state index in [0.717, 1.165) is 4.90 Å². The Morgan fingerprint density at radius 2 is 1.73 bits per heavy atom. The van der Waals surface area contributed by atoms with Crippen LogP contribution in [0.15, 0.2) is 53.4 Å². The summed E-state index contributed by atoms with van der Waals surface area (Å²) in [6, 6.07) is 12.4. The van der Waals surface area contributed by atoms with Crippen LogP contribution in [-0.4, -0.2) is 24.7 Å². The van der Waals surface area contributed by atoms with Crippen LogP contribution in [-0.2, 0) is 9.53 Å². The van der Waals surface area contributed by atoms with Crippen molar-refractivity contribution in [3.8, 4) is 0 Å². The van der Waals surface area contributed by atoms with Gasteiger partial charge in [-0.05, 0) is 48.5 Å². The molecule has 114 valence electrons. The summed E-state index contributed by atoms with van der Waals surface area (Å²) < 4.78 is 17.4. The molecule has 0 fully saturated rings. The molecule has 0 spiro atoms. The van der Waals surface area contributed by atoms with Gasteiger partial charge in [-0.15, -0.1) is 11.8 Å². The van der Waals surface area contributed by atoms with Crippen molar-refractivity contribution in [2.24, 2.45) is 0 Å². The molecule has 0 unspecified atom stereocenters. The minimum absolute atomic E-state index is 0.180. The van der Waals surface area contributed by atoms with Crippen LogP contribution in [0.1, 0.15) is 10.4 Å². The van der Waals surface area contributed by atoms with Gasteiger partial charge in [-0.3, -0.25) is 4.79 Å². The minimum Gasteiger partial charge on any atom is -0.465 e. The lowest BCUT2D eigenvalue weighted by Gasteiger charge is -2.06. The molecule has 22 heavy (non-hydrogen) atoms. The third-order valence-corrected chi connectivity index (χ3v) is 3.79. The lowest BCUT2D eigenvalue weighted by atomic mass is 10.2. The number of methoxy groups -OCH3 is 1. The zero-order valence-electron chi connectivity index (χ0n) is 11.8. The normalized spacial score (nSPS) is 10.1. The maximum Gasteiger partial charge on any atom is 0.337 e. The molecule has 6 heteroatoms. The topological polar surface area (TPSA) is 55.4 Å². The first kappa shape index (κ1) is 16.0. The number of rotatable bonds is 5. The van der Waals surface area contributed by atoms with Crippen LogP contribution < -0.4 is 5.32 Å². The van der Waals surface area contributed by atoms with Crippen molar-refractivity contribution < 1.29 is 18.7 Å². The van der Waals surface area contributed by atoms with E-state index in [1.54, 1.807) is 36.4 Å². The van der Waals surface area contributed by atoms with Gasteiger partial charge in [0.2, 0.25) is 5.91 Å². The van der Waals surface area contributed by atoms with Gasteiger partial charge in [0.25, 0.3) is 0 Å². The molecule has 0 atom stereocenters. The summed E-state index contributed by atoms with van der Waals surface area (Å²) in [7, 11) is 1.31. The summed E-state index contributed by atoms with van der Waals surface area (Å²) >= 11 is 1.32. The molecule has 0 aliphatic carbocycles. The summed E-state index contributed by atoms with van der Waals surface area (Å²) in [5.41, 5.74) is 1.01. The Kier molecular flexibility index (Phi) is 5.55. The molecule has 0 bridgehead atoms. The van der Waals surface area contributed by atoms with Crippen LogP contribution in [0, 0.1) is 5.82 Å². The van der Waals surface area contributed by atoms with Gasteiger partial charge in [0, 0.05) is 10.6 Å². The third-order valence-electron chi connectivity index (χ3n) is 2.77. The molecule has 1 N–H and O–H groups in total. The average Bonchev–Trinajstić information content (AvgIpc) is 2.54. The largest absolute Gasteiger partial charge is 0.465 e. The number of hydrogen-bond donors (Lipinski definition) is 1. The van der Waals surface area contributed by atoms with E-state index in [0.29, 0.717) is 11.3 Å². The Morgan fingerprint density at radius 1 is 1.09 bits per heavy atom. The summed E-state index contributed by atoms with van der Waals surface area (Å²) in [6.07, 6.45) is 0. The van der Waals surface area contributed by atoms with E-state index in [2.05, 4.69) is 10.1 Å². The first-order valence-corrected chi connectivity index (χ1v) is 7.43. The average molecular weight is 319 g/mol. The number of anilines is 1. The number of halogens is 1. The second-order valence-corrected chi connectivity index (χ2v) is 5.41. The second kappa shape index (κ2) is 7.61. The highest BCUT2D eigenvalue weighted by atomic mass is 32.2. The van der Waals surface area contributed by atoms with Gasteiger partial charge in [-0.2, -0.15) is 0 Å². The third kappa shape index (κ3) is 4.60. The first-order chi connectivity index (χ1) is 10.6. The molecule has 1 amide bonds. The van der Waals surface area contributed by atoms with Crippen molar-refractivity contribution in [2.75, 3.05) is 18.2 Å². The molecule has 2 aromatic carbocycles. The molecular weight excluding hydrogens is 305 g/mol. The summed E-state index contributed by atoms with van der Waals surface area (Å²) in [5, 5.41) is 2.72. The molecule has 0 aliphatic rings. The smallest absolute Gasteiger partial charge is 0.337 e. The maximum atomic E-state index is 12.8. The van der Waals surface area contributed by atoms with E-state index >= 15 is 0 Å². The van der Waals surface area contributed by atoms with Gasteiger partial charge in [-0.1, -0.05) is 0 Å². The standard InChI is InChI=1S/C16H14FNO3S/c1-21-16(20)11-2-6-13(7-3-11)18-15(19)10-22-14-8-4-12(17)5-9-14/h2-9H,10H2,1H3,(H,18,19). The van der Waals surface area contributed by atoms with E-state index in [9.17, 15) is 14.0 Å². The van der Waals surface area contributed by atoms with Gasteiger partial charge in [0.15, 0.2) is 0 Å². The Bertz CT molecular complexity index is 656. The van der Waals surface area contributed by atoms with E-state index in [4.69, 9.17) is 0 Å². The zero-order chi connectivity index (χ0) is 15.9. The molecule has 0 aromatic heterocycles. The van der Waals surface area contributed by atoms with Gasteiger partial charge < -0.3 is 10.1 Å². The SMILES string of the molecule is COC(=O)c1ccc(NC(=O)CSc2ccc(F)cc2)cc1. The van der Waals surface area contributed by atoms with Crippen molar-refractivity contribution in [3.63, 3.8) is 0 Å². The molecular formula is C16H14FNO3S. The van der Waals surface area contributed by atoms with Crippen molar-refractivity contribution in [3.05, 3.63) is 59.9 Å². The predicted octanol–water partition coefficient (Wildman–Crippen LogP) is 3.34. The molecule has 0 saturated carbocycles. The number of thioether (sulfide) groups is 1. The van der Waals surface area contributed by atoms with E-state index in [-0.39, 0.29) is 17.5 Å². The van der Waals surface area contributed by atoms with E-state index in [1.165, 1.54) is 31.0 Å². The zero-order valence-corrected chi connectivity index (χ0v) is 12.7. The Hall–Kier alpha value is -2.34. The monoisotopic (exact) mass is 319 g/mol. The summed E-state index contributed by atoms with van der Waals surface area (Å²) in [5.74, 6) is -0.700. The second-order valence-electron chi connectivity index (χ2n) is 4.36. The van der Waals surface area contributed by atoms with Crippen molar-refractivity contribution in [1.29, 1.82) is 0 Å². The minimum atomic E-state index is -0.426. The number of esters is 1. The fourth-order valence-electron chi connectivity index (χ4n) is 1.68. The van der Waals surface area contributed by atoms with Crippen molar-refractivity contribution in [1.82, 2.24) is 0 Å². The highest BCUT2D eigenvalue weighted by Crippen LogP contribution is 2.18. The van der Waals surface area contributed by atoms with Crippen LogP contribution in [0.4, 0.5) is 10.1 Å². The maximum absolute atomic E-state index is 12.8. The fraction of sp³-hybridized carbons (Fsp3) is 0.125. The van der Waals surface area contributed by atoms with Crippen molar-refractivity contribution in [2.45, 2.75) is 4.90 Å². The summed E-state index contributed by atoms with van der Waals surface area (Å²) in [6.45, 7) is 0. The van der Waals surface area contributed by atoms with Crippen molar-refractivity contribution >= 4 is 29.3 Å². The van der Waals surface area contributed by atoms with Gasteiger partial charge in [0.05, 0.1) is 18.4 Å². The van der Waals surface area contributed by atoms with Gasteiger partial charge >= 0.3 is 5.97 Å². The highest BCUT2D eigenvalue weighted by molar-refractivity contribution is 8.00. The Balaban J connectivity index is 1.86. The van der Waals surface area contributed by atoms with Gasteiger partial charge in [-0.25, -0.2) is 9.18 Å². The molecule has 2 rings (SSSR count). The number of ether oxygens (including phenoxy) is 1. The quantitative estimate of drug-likeness (QED) is 0.678. The number of amides is 1. The fourth-order valence-corrected chi connectivity index (χ4v) is 2.38. The number of carbonyl (C=O) groups excluding carboxylic acids is 2. The first-order valence-electron chi connectivity index (χ1n) is 6.45. The van der Waals surface area contributed by atoms with E-state index in [1.807, 2.05) is 0 Å². The highest BCUT2D eigenvalue weighted by Gasteiger charge is 2.07. The van der Waals surface area contributed by atoms with Crippen LogP contribution in [0.5, 0.6) is 0 Å². The molecule has 0 saturated heterocycles. The van der Waals surface area contributed by atoms with Crippen LogP contribution in [0.2, 0.25) is 0 Å². The number of nitrogens with one attached hydrogen (secondary N) is 1. The predicted molar refractivity (Wildman–Crippen MR) is 83.5 cm³/mol. The molecule has 0 aliphatic heterocycles. The molecule has 0 radical (unpaired) electrons. The molecule has 4 nitrogen and oxygen atoms in total. The molecule has 0 heterocycles. The van der Waals surface area contributed by atoms with E-state index < -0.39 is 5.97 Å². The summed E-state index contributed by atoms with van der Waals surface area (Å²) in [4.78, 5) is 23.9. The van der Waals surface area contributed by atoms with Gasteiger partial charge in [0.1, 0.15) is 5.82 Å². The number of benzene rings is 2. The lowest BCUT2D eigenvalue weighted by Crippen LogP contribution is -2.14. The van der Waals surface area contributed by atoms with Crippen LogP contribution in [0.25, 0.3) is 0 Å². The number of hydrogen-bond acceptors (Lipinski definition) is 4. The molecule has 2 aromatic rings.